The Hall–Kier alpha value is -1.90. The molecule has 0 bridgehead atoms. The lowest BCUT2D eigenvalue weighted by molar-refractivity contribution is -0.142. The highest BCUT2D eigenvalue weighted by Gasteiger charge is 2.09. The molecule has 0 atom stereocenters. The Bertz CT molecular complexity index is 563. The Morgan fingerprint density at radius 2 is 1.31 bits per heavy atom. The predicted molar refractivity (Wildman–Crippen MR) is 121 cm³/mol. The summed E-state index contributed by atoms with van der Waals surface area (Å²) in [6, 6.07) is 8.95. The van der Waals surface area contributed by atoms with Crippen LogP contribution in [0.1, 0.15) is 107 Å². The van der Waals surface area contributed by atoms with E-state index >= 15 is 0 Å². The third kappa shape index (κ3) is 14.7. The van der Waals surface area contributed by atoms with Crippen LogP contribution in [-0.2, 0) is 9.53 Å². The minimum Gasteiger partial charge on any atom is -0.457 e. The fourth-order valence-corrected chi connectivity index (χ4v) is 3.25. The number of Topliss-reactive ketones (excluding diaryl/α,β-unsaturated/α-hetero) is 1. The molecule has 1 aromatic rings. The number of ether oxygens (including phenoxy) is 1. The largest absolute Gasteiger partial charge is 0.457 e. The second kappa shape index (κ2) is 18.1. The van der Waals surface area contributed by atoms with Crippen molar-refractivity contribution in [2.45, 2.75) is 96.8 Å². The summed E-state index contributed by atoms with van der Waals surface area (Å²) in [5.41, 5.74) is 0.587. The first-order valence-electron chi connectivity index (χ1n) is 11.6. The molecule has 0 N–H and O–H groups in total. The van der Waals surface area contributed by atoms with Crippen LogP contribution in [0.3, 0.4) is 0 Å². The lowest BCUT2D eigenvalue weighted by Crippen LogP contribution is -2.13. The molecule has 3 heteroatoms. The van der Waals surface area contributed by atoms with Crippen LogP contribution in [-0.4, -0.2) is 18.4 Å². The Morgan fingerprint density at radius 1 is 0.759 bits per heavy atom. The van der Waals surface area contributed by atoms with Crippen molar-refractivity contribution in [3.8, 4) is 0 Å². The van der Waals surface area contributed by atoms with E-state index in [1.165, 1.54) is 70.6 Å². The van der Waals surface area contributed by atoms with Crippen LogP contribution < -0.4 is 0 Å². The Balaban J connectivity index is 1.85. The number of unbranched alkanes of at least 4 members (excludes halogenated alkanes) is 11. The van der Waals surface area contributed by atoms with Crippen molar-refractivity contribution in [3.05, 3.63) is 48.0 Å². The first-order chi connectivity index (χ1) is 14.2. The average Bonchev–Trinajstić information content (AvgIpc) is 2.75. The Kier molecular flexibility index (Phi) is 15.7. The van der Waals surface area contributed by atoms with Crippen LogP contribution in [0, 0.1) is 0 Å². The zero-order valence-corrected chi connectivity index (χ0v) is 18.4. The SMILES string of the molecule is CCCCC=CCCCCCCCCCCCC(=O)OCC(=O)c1ccccc1. The van der Waals surface area contributed by atoms with Gasteiger partial charge in [-0.15, -0.1) is 0 Å². The molecule has 0 fully saturated rings. The summed E-state index contributed by atoms with van der Waals surface area (Å²) in [5, 5.41) is 0. The second-order valence-electron chi connectivity index (χ2n) is 7.78. The molecule has 1 aromatic carbocycles. The minimum absolute atomic E-state index is 0.147. The Labute approximate surface area is 177 Å². The number of ketones is 1. The maximum Gasteiger partial charge on any atom is 0.306 e. The maximum absolute atomic E-state index is 11.9. The summed E-state index contributed by atoms with van der Waals surface area (Å²) < 4.78 is 5.08. The molecule has 0 amide bonds. The van der Waals surface area contributed by atoms with Gasteiger partial charge < -0.3 is 4.74 Å². The van der Waals surface area contributed by atoms with E-state index in [1.54, 1.807) is 12.1 Å². The molecule has 0 aliphatic heterocycles. The van der Waals surface area contributed by atoms with E-state index in [0.29, 0.717) is 12.0 Å². The van der Waals surface area contributed by atoms with Crippen LogP contribution >= 0.6 is 0 Å². The summed E-state index contributed by atoms with van der Waals surface area (Å²) in [5.74, 6) is -0.413. The van der Waals surface area contributed by atoms with Crippen molar-refractivity contribution in [1.82, 2.24) is 0 Å². The molecule has 1 rings (SSSR count). The van der Waals surface area contributed by atoms with Crippen LogP contribution in [0.2, 0.25) is 0 Å². The van der Waals surface area contributed by atoms with Gasteiger partial charge in [-0.1, -0.05) is 107 Å². The number of hydrogen-bond donors (Lipinski definition) is 0. The van der Waals surface area contributed by atoms with E-state index in [4.69, 9.17) is 4.74 Å². The third-order valence-electron chi connectivity index (χ3n) is 5.10. The van der Waals surface area contributed by atoms with Crippen molar-refractivity contribution >= 4 is 11.8 Å². The van der Waals surface area contributed by atoms with Crippen molar-refractivity contribution < 1.29 is 14.3 Å². The topological polar surface area (TPSA) is 43.4 Å². The lowest BCUT2D eigenvalue weighted by atomic mass is 10.1. The van der Waals surface area contributed by atoms with Gasteiger partial charge >= 0.3 is 5.97 Å². The van der Waals surface area contributed by atoms with Gasteiger partial charge in [-0.25, -0.2) is 0 Å². The summed E-state index contributed by atoms with van der Waals surface area (Å²) in [6.45, 7) is 2.08. The molecule has 29 heavy (non-hydrogen) atoms. The highest BCUT2D eigenvalue weighted by atomic mass is 16.5. The molecule has 0 saturated heterocycles. The number of allylic oxidation sites excluding steroid dienone is 2. The first-order valence-corrected chi connectivity index (χ1v) is 11.6. The van der Waals surface area contributed by atoms with Gasteiger partial charge in [0.1, 0.15) is 0 Å². The number of carbonyl (C=O) groups is 2. The van der Waals surface area contributed by atoms with Gasteiger partial charge in [0.05, 0.1) is 0 Å². The minimum atomic E-state index is -0.266. The van der Waals surface area contributed by atoms with Crippen LogP contribution in [0.5, 0.6) is 0 Å². The Morgan fingerprint density at radius 3 is 1.93 bits per heavy atom. The molecule has 0 heterocycles. The summed E-state index contributed by atoms with van der Waals surface area (Å²) in [4.78, 5) is 23.6. The van der Waals surface area contributed by atoms with Crippen LogP contribution in [0.15, 0.2) is 42.5 Å². The lowest BCUT2D eigenvalue weighted by Gasteiger charge is -2.05. The van der Waals surface area contributed by atoms with Crippen molar-refractivity contribution in [3.63, 3.8) is 0 Å². The zero-order valence-electron chi connectivity index (χ0n) is 18.4. The highest BCUT2D eigenvalue weighted by Crippen LogP contribution is 2.12. The van der Waals surface area contributed by atoms with Crippen LogP contribution in [0.4, 0.5) is 0 Å². The molecule has 0 aliphatic rings. The molecule has 3 nitrogen and oxygen atoms in total. The summed E-state index contributed by atoms with van der Waals surface area (Å²) in [6.07, 6.45) is 21.1. The average molecular weight is 401 g/mol. The number of esters is 1. The highest BCUT2D eigenvalue weighted by molar-refractivity contribution is 5.97. The van der Waals surface area contributed by atoms with Crippen molar-refractivity contribution in [1.29, 1.82) is 0 Å². The maximum atomic E-state index is 11.9. The molecular formula is C26H40O3. The van der Waals surface area contributed by atoms with E-state index in [0.717, 1.165) is 12.8 Å². The predicted octanol–water partition coefficient (Wildman–Crippen LogP) is 7.45. The number of hydrogen-bond acceptors (Lipinski definition) is 3. The summed E-state index contributed by atoms with van der Waals surface area (Å²) in [7, 11) is 0. The van der Waals surface area contributed by atoms with Gasteiger partial charge in [0.15, 0.2) is 12.4 Å². The van der Waals surface area contributed by atoms with Crippen LogP contribution in [0.25, 0.3) is 0 Å². The molecule has 162 valence electrons. The quantitative estimate of drug-likeness (QED) is 0.111. The standard InChI is InChI=1S/C26H40O3/c1-2-3-4-5-6-7-8-9-10-11-12-13-14-15-19-22-26(28)29-23-25(27)24-20-17-16-18-21-24/h5-6,16-18,20-21H,2-4,7-15,19,22-23H2,1H3. The fourth-order valence-electron chi connectivity index (χ4n) is 3.25. The van der Waals surface area contributed by atoms with Gasteiger partial charge in [0.25, 0.3) is 0 Å². The van der Waals surface area contributed by atoms with Gasteiger partial charge in [0, 0.05) is 12.0 Å². The monoisotopic (exact) mass is 400 g/mol. The number of rotatable bonds is 18. The molecule has 0 aromatic heterocycles. The number of benzene rings is 1. The number of carbonyl (C=O) groups excluding carboxylic acids is 2. The van der Waals surface area contributed by atoms with E-state index in [-0.39, 0.29) is 18.4 Å². The molecular weight excluding hydrogens is 360 g/mol. The van der Waals surface area contributed by atoms with Crippen molar-refractivity contribution in [2.75, 3.05) is 6.61 Å². The van der Waals surface area contributed by atoms with E-state index in [1.807, 2.05) is 18.2 Å². The zero-order chi connectivity index (χ0) is 21.0. The third-order valence-corrected chi connectivity index (χ3v) is 5.10. The molecule has 0 spiro atoms. The van der Waals surface area contributed by atoms with E-state index in [9.17, 15) is 9.59 Å². The fraction of sp³-hybridized carbons (Fsp3) is 0.615. The summed E-state index contributed by atoms with van der Waals surface area (Å²) >= 11 is 0. The van der Waals surface area contributed by atoms with E-state index in [2.05, 4.69) is 19.1 Å². The molecule has 0 unspecified atom stereocenters. The van der Waals surface area contributed by atoms with E-state index < -0.39 is 0 Å². The van der Waals surface area contributed by atoms with Gasteiger partial charge in [-0.2, -0.15) is 0 Å². The molecule has 0 radical (unpaired) electrons. The van der Waals surface area contributed by atoms with Gasteiger partial charge in [-0.3, -0.25) is 9.59 Å². The second-order valence-corrected chi connectivity index (χ2v) is 7.78. The normalized spacial score (nSPS) is 11.1. The van der Waals surface area contributed by atoms with Gasteiger partial charge in [-0.05, 0) is 25.7 Å². The molecule has 0 saturated carbocycles. The van der Waals surface area contributed by atoms with Crippen molar-refractivity contribution in [2.24, 2.45) is 0 Å². The molecule has 0 aliphatic carbocycles. The smallest absolute Gasteiger partial charge is 0.306 e. The first kappa shape index (κ1) is 25.1. The van der Waals surface area contributed by atoms with Gasteiger partial charge in [0.2, 0.25) is 0 Å².